The Morgan fingerprint density at radius 2 is 1.85 bits per heavy atom. The molecule has 1 aliphatic rings. The zero-order chi connectivity index (χ0) is 14.5. The summed E-state index contributed by atoms with van der Waals surface area (Å²) < 4.78 is 0. The first kappa shape index (κ1) is 15.0. The Labute approximate surface area is 126 Å². The third kappa shape index (κ3) is 4.04. The van der Waals surface area contributed by atoms with E-state index in [0.717, 1.165) is 31.4 Å². The molecule has 0 radical (unpaired) electrons. The molecule has 4 heteroatoms. The molecule has 0 bridgehead atoms. The Balaban J connectivity index is 1.88. The number of nitrogens with one attached hydrogen (secondary N) is 2. The number of anilines is 1. The van der Waals surface area contributed by atoms with Crippen LogP contribution in [0.2, 0.25) is 0 Å². The van der Waals surface area contributed by atoms with Gasteiger partial charge < -0.3 is 10.6 Å². The molecule has 1 saturated carbocycles. The highest BCUT2D eigenvalue weighted by molar-refractivity contribution is 7.80. The van der Waals surface area contributed by atoms with Crippen molar-refractivity contribution in [2.75, 3.05) is 5.32 Å². The third-order valence-corrected chi connectivity index (χ3v) is 4.18. The highest BCUT2D eigenvalue weighted by atomic mass is 32.1. The molecule has 0 spiro atoms. The van der Waals surface area contributed by atoms with Crippen LogP contribution in [0.5, 0.6) is 0 Å². The molecule has 0 aromatic heterocycles. The first-order chi connectivity index (χ1) is 9.56. The van der Waals surface area contributed by atoms with E-state index in [4.69, 9.17) is 12.2 Å². The lowest BCUT2D eigenvalue weighted by Gasteiger charge is -2.21. The lowest BCUT2D eigenvalue weighted by atomic mass is 9.89. The summed E-state index contributed by atoms with van der Waals surface area (Å²) in [5, 5.41) is 6.29. The summed E-state index contributed by atoms with van der Waals surface area (Å²) in [7, 11) is 0. The van der Waals surface area contributed by atoms with Gasteiger partial charge in [0.25, 0.3) is 0 Å². The smallest absolute Gasteiger partial charge is 0.229 e. The van der Waals surface area contributed by atoms with Crippen LogP contribution in [-0.2, 0) is 4.79 Å². The van der Waals surface area contributed by atoms with E-state index in [2.05, 4.69) is 24.5 Å². The van der Waals surface area contributed by atoms with Gasteiger partial charge in [0.2, 0.25) is 5.91 Å². The maximum atomic E-state index is 12.1. The second-order valence-corrected chi connectivity index (χ2v) is 5.99. The maximum Gasteiger partial charge on any atom is 0.229 e. The van der Waals surface area contributed by atoms with Crippen molar-refractivity contribution in [3.63, 3.8) is 0 Å². The molecule has 0 saturated heterocycles. The van der Waals surface area contributed by atoms with Gasteiger partial charge in [-0.2, -0.15) is 0 Å². The minimum Gasteiger partial charge on any atom is -0.332 e. The molecule has 108 valence electrons. The lowest BCUT2D eigenvalue weighted by molar-refractivity contribution is -0.124. The van der Waals surface area contributed by atoms with Crippen LogP contribution in [-0.4, -0.2) is 11.0 Å². The predicted octanol–water partition coefficient (Wildman–Crippen LogP) is 3.70. The number of hydrogen-bond acceptors (Lipinski definition) is 2. The lowest BCUT2D eigenvalue weighted by Crippen LogP contribution is -2.39. The minimum atomic E-state index is 0.0611. The summed E-state index contributed by atoms with van der Waals surface area (Å²) in [6, 6.07) is 6.05. The van der Waals surface area contributed by atoms with Gasteiger partial charge in [-0.1, -0.05) is 25.3 Å². The number of benzene rings is 1. The van der Waals surface area contributed by atoms with Crippen molar-refractivity contribution in [3.05, 3.63) is 29.3 Å². The molecule has 1 fully saturated rings. The number of amides is 1. The van der Waals surface area contributed by atoms with Gasteiger partial charge in [-0.25, -0.2) is 0 Å². The fourth-order valence-electron chi connectivity index (χ4n) is 2.56. The minimum absolute atomic E-state index is 0.0611. The van der Waals surface area contributed by atoms with Gasteiger partial charge in [-0.3, -0.25) is 4.79 Å². The van der Waals surface area contributed by atoms with Crippen molar-refractivity contribution in [1.82, 2.24) is 5.32 Å². The molecule has 1 aromatic rings. The van der Waals surface area contributed by atoms with E-state index in [1.807, 2.05) is 18.2 Å². The average Bonchev–Trinajstić information content (AvgIpc) is 2.44. The van der Waals surface area contributed by atoms with Gasteiger partial charge in [0, 0.05) is 11.6 Å². The second-order valence-electron chi connectivity index (χ2n) is 5.58. The summed E-state index contributed by atoms with van der Waals surface area (Å²) >= 11 is 5.21. The van der Waals surface area contributed by atoms with Crippen molar-refractivity contribution >= 4 is 28.9 Å². The van der Waals surface area contributed by atoms with E-state index in [1.165, 1.54) is 17.5 Å². The maximum absolute atomic E-state index is 12.1. The molecule has 0 heterocycles. The van der Waals surface area contributed by atoms with E-state index in [1.54, 1.807) is 0 Å². The van der Waals surface area contributed by atoms with E-state index in [9.17, 15) is 4.79 Å². The molecule has 2 N–H and O–H groups in total. The zero-order valence-electron chi connectivity index (χ0n) is 12.2. The van der Waals surface area contributed by atoms with Gasteiger partial charge in [0.15, 0.2) is 5.11 Å². The molecule has 1 aromatic carbocycles. The summed E-state index contributed by atoms with van der Waals surface area (Å²) in [5.41, 5.74) is 3.37. The highest BCUT2D eigenvalue weighted by Crippen LogP contribution is 2.23. The molecule has 2 rings (SSSR count). The van der Waals surface area contributed by atoms with Gasteiger partial charge in [0.1, 0.15) is 0 Å². The molecule has 0 atom stereocenters. The van der Waals surface area contributed by atoms with Crippen LogP contribution in [0.25, 0.3) is 0 Å². The Kier molecular flexibility index (Phi) is 5.12. The summed E-state index contributed by atoms with van der Waals surface area (Å²) in [5.74, 6) is 0.189. The number of aryl methyl sites for hydroxylation is 2. The molecular formula is C16H22N2OS. The van der Waals surface area contributed by atoms with E-state index < -0.39 is 0 Å². The standard InChI is InChI=1S/C16H22N2OS/c1-11-8-9-14(10-12(11)2)17-16(20)18-15(19)13-6-4-3-5-7-13/h8-10,13H,3-7H2,1-2H3,(H2,17,18,19,20). The quantitative estimate of drug-likeness (QED) is 0.816. The summed E-state index contributed by atoms with van der Waals surface area (Å²) in [4.78, 5) is 12.1. The largest absolute Gasteiger partial charge is 0.332 e. The average molecular weight is 290 g/mol. The Bertz CT molecular complexity index is 507. The summed E-state index contributed by atoms with van der Waals surface area (Å²) in [6.07, 6.45) is 5.51. The van der Waals surface area contributed by atoms with Crippen molar-refractivity contribution in [1.29, 1.82) is 0 Å². The summed E-state index contributed by atoms with van der Waals surface area (Å²) in [6.45, 7) is 4.13. The first-order valence-corrected chi connectivity index (χ1v) is 7.66. The van der Waals surface area contributed by atoms with Gasteiger partial charge in [0.05, 0.1) is 0 Å². The molecule has 20 heavy (non-hydrogen) atoms. The second kappa shape index (κ2) is 6.84. The molecule has 1 amide bonds. The highest BCUT2D eigenvalue weighted by Gasteiger charge is 2.21. The monoisotopic (exact) mass is 290 g/mol. The number of hydrogen-bond donors (Lipinski definition) is 2. The number of carbonyl (C=O) groups is 1. The van der Waals surface area contributed by atoms with Crippen LogP contribution in [0.3, 0.4) is 0 Å². The van der Waals surface area contributed by atoms with E-state index in [-0.39, 0.29) is 11.8 Å². The van der Waals surface area contributed by atoms with Crippen LogP contribution in [0.1, 0.15) is 43.2 Å². The van der Waals surface area contributed by atoms with Crippen LogP contribution in [0, 0.1) is 19.8 Å². The van der Waals surface area contributed by atoms with E-state index in [0.29, 0.717) is 5.11 Å². The van der Waals surface area contributed by atoms with Crippen molar-refractivity contribution in [2.45, 2.75) is 46.0 Å². The Hall–Kier alpha value is -1.42. The van der Waals surface area contributed by atoms with Gasteiger partial charge in [-0.05, 0) is 62.2 Å². The topological polar surface area (TPSA) is 41.1 Å². The fourth-order valence-corrected chi connectivity index (χ4v) is 2.78. The van der Waals surface area contributed by atoms with Crippen LogP contribution in [0.15, 0.2) is 18.2 Å². The number of thiocarbonyl (C=S) groups is 1. The number of carbonyl (C=O) groups excluding carboxylic acids is 1. The molecule has 3 nitrogen and oxygen atoms in total. The molecule has 1 aliphatic carbocycles. The van der Waals surface area contributed by atoms with Crippen molar-refractivity contribution in [2.24, 2.45) is 5.92 Å². The molecular weight excluding hydrogens is 268 g/mol. The van der Waals surface area contributed by atoms with Gasteiger partial charge in [-0.15, -0.1) is 0 Å². The SMILES string of the molecule is Cc1ccc(NC(=S)NC(=O)C2CCCCC2)cc1C. The predicted molar refractivity (Wildman–Crippen MR) is 86.9 cm³/mol. The van der Waals surface area contributed by atoms with Crippen LogP contribution >= 0.6 is 12.2 Å². The Morgan fingerprint density at radius 3 is 2.50 bits per heavy atom. The van der Waals surface area contributed by atoms with Crippen molar-refractivity contribution in [3.8, 4) is 0 Å². The Morgan fingerprint density at radius 1 is 1.15 bits per heavy atom. The van der Waals surface area contributed by atoms with Crippen molar-refractivity contribution < 1.29 is 4.79 Å². The van der Waals surface area contributed by atoms with Gasteiger partial charge >= 0.3 is 0 Å². The van der Waals surface area contributed by atoms with E-state index >= 15 is 0 Å². The van der Waals surface area contributed by atoms with Crippen LogP contribution in [0.4, 0.5) is 5.69 Å². The fraction of sp³-hybridized carbons (Fsp3) is 0.500. The number of rotatable bonds is 2. The normalized spacial score (nSPS) is 15.7. The third-order valence-electron chi connectivity index (χ3n) is 3.98. The molecule has 0 unspecified atom stereocenters. The molecule has 0 aliphatic heterocycles. The van der Waals surface area contributed by atoms with Crippen LogP contribution < -0.4 is 10.6 Å². The zero-order valence-corrected chi connectivity index (χ0v) is 13.0. The first-order valence-electron chi connectivity index (χ1n) is 7.25.